The third-order valence-corrected chi connectivity index (χ3v) is 3.54. The number of hydrogen-bond acceptors (Lipinski definition) is 2. The first-order chi connectivity index (χ1) is 6.55. The van der Waals surface area contributed by atoms with Gasteiger partial charge in [0.15, 0.2) is 0 Å². The van der Waals surface area contributed by atoms with E-state index in [1.165, 1.54) is 0 Å². The van der Waals surface area contributed by atoms with E-state index in [1.807, 2.05) is 4.90 Å². The lowest BCUT2D eigenvalue weighted by molar-refractivity contribution is -0.137. The normalized spacial score (nSPS) is 28.9. The second kappa shape index (κ2) is 2.97. The number of carbonyl (C=O) groups excluding carboxylic acids is 2. The molecule has 1 aliphatic carbocycles. The highest BCUT2D eigenvalue weighted by atomic mass is 16.2. The van der Waals surface area contributed by atoms with Crippen LogP contribution in [0.2, 0.25) is 0 Å². The van der Waals surface area contributed by atoms with Crippen molar-refractivity contribution in [3.05, 3.63) is 0 Å². The Kier molecular flexibility index (Phi) is 2.01. The van der Waals surface area contributed by atoms with Gasteiger partial charge in [0, 0.05) is 19.0 Å². The Morgan fingerprint density at radius 3 is 2.43 bits per heavy atom. The van der Waals surface area contributed by atoms with Gasteiger partial charge in [-0.25, -0.2) is 0 Å². The molecule has 0 unspecified atom stereocenters. The summed E-state index contributed by atoms with van der Waals surface area (Å²) < 4.78 is 0. The molecule has 0 bridgehead atoms. The molecule has 0 radical (unpaired) electrons. The first kappa shape index (κ1) is 9.49. The molecule has 4 heteroatoms. The van der Waals surface area contributed by atoms with Crippen LogP contribution in [0.15, 0.2) is 0 Å². The van der Waals surface area contributed by atoms with Crippen LogP contribution in [0.4, 0.5) is 0 Å². The Balaban J connectivity index is 2.10. The van der Waals surface area contributed by atoms with Crippen molar-refractivity contribution in [1.82, 2.24) is 4.90 Å². The van der Waals surface area contributed by atoms with Gasteiger partial charge in [-0.05, 0) is 25.7 Å². The highest BCUT2D eigenvalue weighted by Crippen LogP contribution is 2.49. The number of rotatable bonds is 1. The number of likely N-dealkylation sites (tertiary alicyclic amines) is 1. The quantitative estimate of drug-likeness (QED) is 0.654. The topological polar surface area (TPSA) is 63.4 Å². The van der Waals surface area contributed by atoms with Gasteiger partial charge in [-0.2, -0.15) is 0 Å². The summed E-state index contributed by atoms with van der Waals surface area (Å²) >= 11 is 0. The van der Waals surface area contributed by atoms with E-state index in [1.54, 1.807) is 6.92 Å². The third kappa shape index (κ3) is 1.38. The van der Waals surface area contributed by atoms with Crippen LogP contribution in [0.3, 0.4) is 0 Å². The van der Waals surface area contributed by atoms with E-state index in [9.17, 15) is 9.59 Å². The minimum absolute atomic E-state index is 0.0773. The molecule has 2 amide bonds. The minimum Gasteiger partial charge on any atom is -0.369 e. The number of primary amides is 1. The van der Waals surface area contributed by atoms with E-state index in [-0.39, 0.29) is 23.3 Å². The largest absolute Gasteiger partial charge is 0.369 e. The van der Waals surface area contributed by atoms with Gasteiger partial charge in [-0.3, -0.25) is 9.59 Å². The molecule has 2 fully saturated rings. The molecule has 4 nitrogen and oxygen atoms in total. The molecule has 1 saturated carbocycles. The van der Waals surface area contributed by atoms with Crippen molar-refractivity contribution in [1.29, 1.82) is 0 Å². The highest BCUT2D eigenvalue weighted by molar-refractivity contribution is 5.80. The summed E-state index contributed by atoms with van der Waals surface area (Å²) in [4.78, 5) is 24.3. The Labute approximate surface area is 83.4 Å². The van der Waals surface area contributed by atoms with Gasteiger partial charge < -0.3 is 10.6 Å². The van der Waals surface area contributed by atoms with Crippen LogP contribution < -0.4 is 5.73 Å². The van der Waals surface area contributed by atoms with E-state index in [2.05, 4.69) is 0 Å². The maximum atomic E-state index is 11.4. The fourth-order valence-corrected chi connectivity index (χ4v) is 2.44. The fraction of sp³-hybridized carbons (Fsp3) is 0.800. The summed E-state index contributed by atoms with van der Waals surface area (Å²) in [5.74, 6) is -0.328. The van der Waals surface area contributed by atoms with Crippen LogP contribution in [-0.2, 0) is 9.59 Å². The second-order valence-electron chi connectivity index (χ2n) is 4.49. The van der Waals surface area contributed by atoms with Gasteiger partial charge in [0.1, 0.15) is 0 Å². The number of hydrogen-bond donors (Lipinski definition) is 1. The van der Waals surface area contributed by atoms with Gasteiger partial charge >= 0.3 is 0 Å². The zero-order chi connectivity index (χ0) is 10.3. The minimum atomic E-state index is -0.272. The zero-order valence-electron chi connectivity index (χ0n) is 8.45. The van der Waals surface area contributed by atoms with E-state index in [0.717, 1.165) is 25.7 Å². The first-order valence-corrected chi connectivity index (χ1v) is 5.13. The third-order valence-electron chi connectivity index (χ3n) is 3.54. The predicted molar refractivity (Wildman–Crippen MR) is 51.3 cm³/mol. The lowest BCUT2D eigenvalue weighted by atomic mass is 9.90. The van der Waals surface area contributed by atoms with Gasteiger partial charge in [0.2, 0.25) is 11.8 Å². The molecule has 78 valence electrons. The smallest absolute Gasteiger partial charge is 0.222 e. The van der Waals surface area contributed by atoms with Gasteiger partial charge in [-0.1, -0.05) is 0 Å². The average molecular weight is 196 g/mol. The van der Waals surface area contributed by atoms with Crippen molar-refractivity contribution in [2.24, 2.45) is 11.7 Å². The van der Waals surface area contributed by atoms with Crippen molar-refractivity contribution in [2.75, 3.05) is 6.54 Å². The van der Waals surface area contributed by atoms with E-state index in [4.69, 9.17) is 5.73 Å². The molecule has 1 spiro atoms. The molecule has 1 heterocycles. The van der Waals surface area contributed by atoms with Crippen molar-refractivity contribution < 1.29 is 9.59 Å². The Morgan fingerprint density at radius 1 is 1.36 bits per heavy atom. The summed E-state index contributed by atoms with van der Waals surface area (Å²) in [5.41, 5.74) is 5.37. The fourth-order valence-electron chi connectivity index (χ4n) is 2.44. The lowest BCUT2D eigenvalue weighted by Gasteiger charge is -2.38. The van der Waals surface area contributed by atoms with Crippen LogP contribution in [0.1, 0.15) is 32.6 Å². The number of nitrogens with zero attached hydrogens (tertiary/aromatic N) is 1. The maximum Gasteiger partial charge on any atom is 0.222 e. The molecule has 14 heavy (non-hydrogen) atoms. The summed E-state index contributed by atoms with van der Waals surface area (Å²) in [7, 11) is 0. The molecule has 0 aromatic carbocycles. The van der Waals surface area contributed by atoms with E-state index >= 15 is 0 Å². The van der Waals surface area contributed by atoms with Crippen LogP contribution in [0.5, 0.6) is 0 Å². The van der Waals surface area contributed by atoms with Crippen molar-refractivity contribution in [3.63, 3.8) is 0 Å². The molecule has 1 saturated heterocycles. The molecule has 2 N–H and O–H groups in total. The van der Waals surface area contributed by atoms with Crippen LogP contribution in [0.25, 0.3) is 0 Å². The van der Waals surface area contributed by atoms with E-state index < -0.39 is 0 Å². The molecule has 1 atom stereocenters. The molecule has 0 aromatic heterocycles. The number of nitrogens with two attached hydrogens (primary N) is 1. The molecule has 2 aliphatic rings. The van der Waals surface area contributed by atoms with Crippen LogP contribution >= 0.6 is 0 Å². The van der Waals surface area contributed by atoms with Crippen LogP contribution in [0, 0.1) is 5.92 Å². The molecule has 1 aliphatic heterocycles. The SMILES string of the molecule is CC(=O)N1C[C@H](C(N)=O)CCC12CC2. The van der Waals surface area contributed by atoms with E-state index in [0.29, 0.717) is 6.54 Å². The molecule has 0 aromatic rings. The summed E-state index contributed by atoms with van der Waals surface area (Å²) in [5, 5.41) is 0. The molecular weight excluding hydrogens is 180 g/mol. The standard InChI is InChI=1S/C10H16N2O2/c1-7(13)12-6-8(9(11)14)2-3-10(12)4-5-10/h8H,2-6H2,1H3,(H2,11,14)/t8-/m1/s1. The van der Waals surface area contributed by atoms with Gasteiger partial charge in [0.05, 0.1) is 5.92 Å². The second-order valence-corrected chi connectivity index (χ2v) is 4.49. The summed E-state index contributed by atoms with van der Waals surface area (Å²) in [6.07, 6.45) is 3.98. The first-order valence-electron chi connectivity index (χ1n) is 5.13. The monoisotopic (exact) mass is 196 g/mol. The Hall–Kier alpha value is -1.06. The van der Waals surface area contributed by atoms with Crippen molar-refractivity contribution >= 4 is 11.8 Å². The summed E-state index contributed by atoms with van der Waals surface area (Å²) in [6, 6.07) is 0. The summed E-state index contributed by atoms with van der Waals surface area (Å²) in [6.45, 7) is 2.11. The molecular formula is C10H16N2O2. The van der Waals surface area contributed by atoms with Crippen molar-refractivity contribution in [2.45, 2.75) is 38.1 Å². The highest BCUT2D eigenvalue weighted by Gasteiger charge is 2.52. The number of carbonyl (C=O) groups is 2. The Bertz CT molecular complexity index is 284. The zero-order valence-corrected chi connectivity index (χ0v) is 8.45. The average Bonchev–Trinajstić information content (AvgIpc) is 2.85. The lowest BCUT2D eigenvalue weighted by Crippen LogP contribution is -2.50. The molecule has 2 rings (SSSR count). The number of amides is 2. The van der Waals surface area contributed by atoms with Gasteiger partial charge in [-0.15, -0.1) is 0 Å². The predicted octanol–water partition coefficient (Wildman–Crippen LogP) is 0.263. The van der Waals surface area contributed by atoms with Crippen LogP contribution in [-0.4, -0.2) is 28.8 Å². The number of piperidine rings is 1. The van der Waals surface area contributed by atoms with Crippen molar-refractivity contribution in [3.8, 4) is 0 Å². The van der Waals surface area contributed by atoms with Gasteiger partial charge in [0.25, 0.3) is 0 Å². The maximum absolute atomic E-state index is 11.4. The Morgan fingerprint density at radius 2 is 2.00 bits per heavy atom.